The number of rotatable bonds is 8. The van der Waals surface area contributed by atoms with E-state index in [2.05, 4.69) is 71.3 Å². The van der Waals surface area contributed by atoms with Gasteiger partial charge in [0.15, 0.2) is 11.5 Å². The summed E-state index contributed by atoms with van der Waals surface area (Å²) in [6.07, 6.45) is 8.97. The molecular weight excluding hydrogens is 372 g/mol. The topological polar surface area (TPSA) is 26.6 Å². The summed E-state index contributed by atoms with van der Waals surface area (Å²) in [5.74, 6) is 1.70. The minimum absolute atomic E-state index is 0.816. The molecule has 0 N–H and O–H groups in total. The van der Waals surface area contributed by atoms with Crippen LogP contribution in [0.25, 0.3) is 16.5 Å². The molecule has 0 saturated carbocycles. The van der Waals surface area contributed by atoms with Crippen LogP contribution in [-0.4, -0.2) is 43.3 Å². The van der Waals surface area contributed by atoms with Crippen molar-refractivity contribution >= 4 is 16.5 Å². The fraction of sp³-hybridized carbons (Fsp3) is 0.385. The van der Waals surface area contributed by atoms with Gasteiger partial charge in [0.05, 0.1) is 19.7 Å². The molecule has 2 aromatic carbocycles. The van der Waals surface area contributed by atoms with E-state index in [0.29, 0.717) is 0 Å². The van der Waals surface area contributed by atoms with E-state index in [1.54, 1.807) is 14.2 Å². The minimum atomic E-state index is 0.816. The van der Waals surface area contributed by atoms with E-state index in [0.717, 1.165) is 50.4 Å². The number of hydrogen-bond acceptors (Lipinski definition) is 3. The predicted molar refractivity (Wildman–Crippen MR) is 124 cm³/mol. The number of aryl methyl sites for hydroxylation is 2. The van der Waals surface area contributed by atoms with Crippen molar-refractivity contribution in [1.29, 1.82) is 0 Å². The molecule has 0 radical (unpaired) electrons. The number of aromatic nitrogens is 1. The normalized spacial score (nSPS) is 14.7. The Morgan fingerprint density at radius 3 is 2.53 bits per heavy atom. The Balaban J connectivity index is 1.36. The molecule has 0 spiro atoms. The average molecular weight is 405 g/mol. The molecule has 3 aromatic rings. The zero-order valence-electron chi connectivity index (χ0n) is 18.4. The lowest BCUT2D eigenvalue weighted by molar-refractivity contribution is 0.295. The molecule has 0 saturated heterocycles. The summed E-state index contributed by atoms with van der Waals surface area (Å²) in [4.78, 5) is 2.56. The van der Waals surface area contributed by atoms with Gasteiger partial charge in [-0.2, -0.15) is 0 Å². The Kier molecular flexibility index (Phi) is 6.44. The number of ether oxygens (including phenoxy) is 2. The lowest BCUT2D eigenvalue weighted by Crippen LogP contribution is -2.29. The third kappa shape index (κ3) is 4.24. The zero-order valence-corrected chi connectivity index (χ0v) is 18.4. The fourth-order valence-corrected chi connectivity index (χ4v) is 4.53. The second-order valence-corrected chi connectivity index (χ2v) is 8.05. The number of unbranched alkanes of at least 4 members (excludes halogenated alkanes) is 1. The van der Waals surface area contributed by atoms with E-state index < -0.39 is 0 Å². The molecule has 4 heteroatoms. The quantitative estimate of drug-likeness (QED) is 0.476. The van der Waals surface area contributed by atoms with Gasteiger partial charge in [0.25, 0.3) is 0 Å². The molecule has 1 aliphatic rings. The number of benzene rings is 2. The molecule has 2 heterocycles. The Labute approximate surface area is 179 Å². The average Bonchev–Trinajstić information content (AvgIpc) is 3.17. The van der Waals surface area contributed by atoms with E-state index in [-0.39, 0.29) is 0 Å². The molecule has 0 aliphatic carbocycles. The maximum absolute atomic E-state index is 5.73. The molecule has 1 aromatic heterocycles. The Bertz CT molecular complexity index is 1020. The highest BCUT2D eigenvalue weighted by Gasteiger charge is 2.17. The second-order valence-electron chi connectivity index (χ2n) is 8.05. The number of nitrogens with zero attached hydrogens (tertiary/aromatic N) is 2. The summed E-state index contributed by atoms with van der Waals surface area (Å²) < 4.78 is 13.5. The van der Waals surface area contributed by atoms with Crippen LogP contribution in [0, 0.1) is 0 Å². The van der Waals surface area contributed by atoms with Crippen molar-refractivity contribution in [3.63, 3.8) is 0 Å². The molecule has 0 bridgehead atoms. The maximum Gasteiger partial charge on any atom is 0.164 e. The van der Waals surface area contributed by atoms with Crippen LogP contribution in [-0.2, 0) is 13.5 Å². The lowest BCUT2D eigenvalue weighted by atomic mass is 9.99. The van der Waals surface area contributed by atoms with Gasteiger partial charge in [-0.05, 0) is 49.4 Å². The van der Waals surface area contributed by atoms with Crippen LogP contribution in [0.3, 0.4) is 0 Å². The molecule has 158 valence electrons. The fourth-order valence-electron chi connectivity index (χ4n) is 4.53. The van der Waals surface area contributed by atoms with Crippen molar-refractivity contribution in [2.24, 2.45) is 7.05 Å². The molecule has 0 atom stereocenters. The smallest absolute Gasteiger partial charge is 0.164 e. The van der Waals surface area contributed by atoms with Gasteiger partial charge in [-0.1, -0.05) is 36.4 Å². The number of fused-ring (bicyclic) bond motifs is 1. The Morgan fingerprint density at radius 1 is 1.00 bits per heavy atom. The van der Waals surface area contributed by atoms with E-state index in [1.165, 1.54) is 34.0 Å². The van der Waals surface area contributed by atoms with Crippen molar-refractivity contribution in [2.45, 2.75) is 25.7 Å². The monoisotopic (exact) mass is 404 g/mol. The first kappa shape index (κ1) is 20.5. The third-order valence-corrected chi connectivity index (χ3v) is 6.22. The van der Waals surface area contributed by atoms with Crippen LogP contribution >= 0.6 is 0 Å². The second kappa shape index (κ2) is 9.40. The summed E-state index contributed by atoms with van der Waals surface area (Å²) in [5.41, 5.74) is 5.31. The molecule has 0 amide bonds. The third-order valence-electron chi connectivity index (χ3n) is 6.22. The van der Waals surface area contributed by atoms with Crippen molar-refractivity contribution in [3.05, 3.63) is 65.9 Å². The first-order valence-corrected chi connectivity index (χ1v) is 10.9. The largest absolute Gasteiger partial charge is 0.493 e. The van der Waals surface area contributed by atoms with E-state index >= 15 is 0 Å². The highest BCUT2D eigenvalue weighted by atomic mass is 16.5. The van der Waals surface area contributed by atoms with Gasteiger partial charge in [-0.15, -0.1) is 0 Å². The van der Waals surface area contributed by atoms with Gasteiger partial charge in [-0.25, -0.2) is 0 Å². The molecule has 4 nitrogen and oxygen atoms in total. The van der Waals surface area contributed by atoms with Crippen LogP contribution in [0.5, 0.6) is 11.5 Å². The van der Waals surface area contributed by atoms with Crippen LogP contribution in [0.4, 0.5) is 0 Å². The van der Waals surface area contributed by atoms with Crippen molar-refractivity contribution in [1.82, 2.24) is 9.47 Å². The van der Waals surface area contributed by atoms with E-state index in [4.69, 9.17) is 9.47 Å². The van der Waals surface area contributed by atoms with Crippen LogP contribution in [0.15, 0.2) is 54.7 Å². The van der Waals surface area contributed by atoms with Gasteiger partial charge in [0, 0.05) is 43.4 Å². The number of methoxy groups -OCH3 is 2. The molecule has 4 rings (SSSR count). The highest BCUT2D eigenvalue weighted by Crippen LogP contribution is 2.38. The first-order chi connectivity index (χ1) is 14.7. The van der Waals surface area contributed by atoms with E-state index in [1.807, 2.05) is 0 Å². The van der Waals surface area contributed by atoms with Gasteiger partial charge >= 0.3 is 0 Å². The molecule has 30 heavy (non-hydrogen) atoms. The molecule has 0 unspecified atom stereocenters. The SMILES string of the molecule is COc1cc2c(ccn2C)c(CCCCN2CC=C(c3ccccc3)CC2)c1OC. The molecule has 1 aliphatic heterocycles. The van der Waals surface area contributed by atoms with Crippen LogP contribution < -0.4 is 9.47 Å². The summed E-state index contributed by atoms with van der Waals surface area (Å²) in [7, 11) is 5.52. The summed E-state index contributed by atoms with van der Waals surface area (Å²) in [6, 6.07) is 15.0. The highest BCUT2D eigenvalue weighted by molar-refractivity contribution is 5.88. The minimum Gasteiger partial charge on any atom is -0.493 e. The van der Waals surface area contributed by atoms with Crippen molar-refractivity contribution in [3.8, 4) is 11.5 Å². The van der Waals surface area contributed by atoms with Gasteiger partial charge < -0.3 is 14.0 Å². The summed E-state index contributed by atoms with van der Waals surface area (Å²) >= 11 is 0. The van der Waals surface area contributed by atoms with Crippen LogP contribution in [0.2, 0.25) is 0 Å². The Hall–Kier alpha value is -2.72. The van der Waals surface area contributed by atoms with Gasteiger partial charge in [0.2, 0.25) is 0 Å². The Morgan fingerprint density at radius 2 is 1.83 bits per heavy atom. The first-order valence-electron chi connectivity index (χ1n) is 10.9. The van der Waals surface area contributed by atoms with Gasteiger partial charge in [-0.3, -0.25) is 4.90 Å². The molecular formula is C26H32N2O2. The summed E-state index contributed by atoms with van der Waals surface area (Å²) in [6.45, 7) is 3.34. The molecule has 0 fully saturated rings. The van der Waals surface area contributed by atoms with Crippen molar-refractivity contribution < 1.29 is 9.47 Å². The van der Waals surface area contributed by atoms with Crippen LogP contribution in [0.1, 0.15) is 30.4 Å². The van der Waals surface area contributed by atoms with E-state index in [9.17, 15) is 0 Å². The van der Waals surface area contributed by atoms with Crippen molar-refractivity contribution in [2.75, 3.05) is 33.9 Å². The zero-order chi connectivity index (χ0) is 20.9. The number of hydrogen-bond donors (Lipinski definition) is 0. The standard InChI is InChI=1S/C26H32N2O2/c1-27-16-14-22-23(26(30-3)25(29-2)19-24(22)27)11-7-8-15-28-17-12-21(13-18-28)20-9-5-4-6-10-20/h4-6,9-10,12,14,16,19H,7-8,11,13,15,17-18H2,1-3H3. The summed E-state index contributed by atoms with van der Waals surface area (Å²) in [5, 5.41) is 1.27. The predicted octanol–water partition coefficient (Wildman–Crippen LogP) is 5.31. The van der Waals surface area contributed by atoms with Gasteiger partial charge in [0.1, 0.15) is 0 Å². The lowest BCUT2D eigenvalue weighted by Gasteiger charge is -2.26. The maximum atomic E-state index is 5.73.